The van der Waals surface area contributed by atoms with Crippen molar-refractivity contribution in [2.45, 2.75) is 0 Å². The van der Waals surface area contributed by atoms with Gasteiger partial charge in [0.25, 0.3) is 5.91 Å². The maximum Gasteiger partial charge on any atom is 0.283 e. The predicted octanol–water partition coefficient (Wildman–Crippen LogP) is 6.78. The summed E-state index contributed by atoms with van der Waals surface area (Å²) in [6, 6.07) is 17.7. The Labute approximate surface area is 243 Å². The molecule has 0 aromatic heterocycles. The van der Waals surface area contributed by atoms with Crippen LogP contribution in [0.25, 0.3) is 6.08 Å². The van der Waals surface area contributed by atoms with Crippen molar-refractivity contribution < 1.29 is 19.0 Å². The number of nitrogens with zero attached hydrogens (tertiary/aromatic N) is 3. The van der Waals surface area contributed by atoms with Gasteiger partial charge in [0.05, 0.1) is 27.8 Å². The topological polar surface area (TPSA) is 96.6 Å². The molecule has 0 bridgehead atoms. The number of rotatable bonds is 8. The first-order valence-corrected chi connectivity index (χ1v) is 13.4. The number of carbonyl (C=O) groups is 1. The second-order valence-corrected chi connectivity index (χ2v) is 10.2. The normalized spacial score (nSPS) is 15.7. The van der Waals surface area contributed by atoms with Gasteiger partial charge in [0.2, 0.25) is 5.17 Å². The second-order valence-electron chi connectivity index (χ2n) is 8.07. The lowest BCUT2D eigenvalue weighted by Crippen LogP contribution is -2.35. The maximum absolute atomic E-state index is 12.8. The van der Waals surface area contributed by atoms with E-state index in [0.29, 0.717) is 32.7 Å². The molecule has 2 aliphatic heterocycles. The summed E-state index contributed by atoms with van der Waals surface area (Å²) in [5.41, 5.74) is 1.22. The molecule has 0 radical (unpaired) electrons. The van der Waals surface area contributed by atoms with Crippen LogP contribution in [-0.4, -0.2) is 47.3 Å². The molecule has 2 heterocycles. The average molecular weight is 602 g/mol. The van der Waals surface area contributed by atoms with Gasteiger partial charge in [-0.1, -0.05) is 65.1 Å². The number of hydrogen-bond donors (Lipinski definition) is 1. The molecule has 5 rings (SSSR count). The molecule has 3 aromatic rings. The van der Waals surface area contributed by atoms with E-state index in [9.17, 15) is 4.79 Å². The molecule has 0 saturated heterocycles. The van der Waals surface area contributed by atoms with E-state index in [4.69, 9.17) is 54.4 Å². The summed E-state index contributed by atoms with van der Waals surface area (Å²) in [5, 5.41) is 16.2. The smallest absolute Gasteiger partial charge is 0.283 e. The summed E-state index contributed by atoms with van der Waals surface area (Å²) < 4.78 is 16.7. The Hall–Kier alpha value is -3.50. The van der Waals surface area contributed by atoms with Crippen molar-refractivity contribution in [2.75, 3.05) is 20.3 Å². The molecule has 12 heteroatoms. The molecule has 198 valence electrons. The van der Waals surface area contributed by atoms with Crippen LogP contribution in [0.15, 0.2) is 76.3 Å². The van der Waals surface area contributed by atoms with E-state index < -0.39 is 5.91 Å². The summed E-state index contributed by atoms with van der Waals surface area (Å²) in [6.07, 6.45) is 1.49. The third-order valence-electron chi connectivity index (χ3n) is 5.55. The van der Waals surface area contributed by atoms with Crippen molar-refractivity contribution in [1.29, 1.82) is 5.41 Å². The van der Waals surface area contributed by atoms with E-state index in [1.807, 2.05) is 30.3 Å². The largest absolute Gasteiger partial charge is 0.493 e. The lowest BCUT2D eigenvalue weighted by atomic mass is 10.1. The van der Waals surface area contributed by atoms with Gasteiger partial charge in [-0.25, -0.2) is 0 Å². The van der Waals surface area contributed by atoms with E-state index >= 15 is 0 Å². The van der Waals surface area contributed by atoms with E-state index in [0.717, 1.165) is 0 Å². The molecule has 0 unspecified atom stereocenters. The lowest BCUT2D eigenvalue weighted by molar-refractivity contribution is -0.114. The third kappa shape index (κ3) is 5.77. The number of nitrogens with one attached hydrogen (secondary N) is 1. The fraction of sp³-hybridized carbons (Fsp3) is 0.111. The standard InChI is InChI=1S/C27H19Cl3N4O4S/c1-36-21-8-4-5-9-22(21)37-10-11-38-23-19(29)13-15(14-20(23)30)12-17-24(31)34-27(32-25(17)35)39-26(33-34)16-6-2-3-7-18(16)28/h2-9,12-14,31H,10-11H2,1H3/b17-12-,31-24?. The van der Waals surface area contributed by atoms with Crippen LogP contribution in [0.5, 0.6) is 17.2 Å². The van der Waals surface area contributed by atoms with E-state index in [2.05, 4.69) is 10.1 Å². The molecule has 0 aliphatic carbocycles. The first-order valence-electron chi connectivity index (χ1n) is 11.5. The minimum atomic E-state index is -0.574. The van der Waals surface area contributed by atoms with Gasteiger partial charge in [-0.05, 0) is 53.7 Å². The highest BCUT2D eigenvalue weighted by Crippen LogP contribution is 2.37. The summed E-state index contributed by atoms with van der Waals surface area (Å²) in [4.78, 5) is 16.9. The Bertz CT molecular complexity index is 1550. The Balaban J connectivity index is 1.30. The molecule has 2 aliphatic rings. The van der Waals surface area contributed by atoms with Gasteiger partial charge >= 0.3 is 0 Å². The highest BCUT2D eigenvalue weighted by Gasteiger charge is 2.36. The van der Waals surface area contributed by atoms with Gasteiger partial charge in [-0.2, -0.15) is 15.1 Å². The van der Waals surface area contributed by atoms with E-state index in [-0.39, 0.29) is 45.6 Å². The Morgan fingerprint density at radius 3 is 2.33 bits per heavy atom. The molecule has 0 saturated carbocycles. The zero-order valence-electron chi connectivity index (χ0n) is 20.3. The number of para-hydroxylation sites is 2. The number of carbonyl (C=O) groups excluding carboxylic acids is 1. The highest BCUT2D eigenvalue weighted by atomic mass is 35.5. The van der Waals surface area contributed by atoms with Crippen molar-refractivity contribution in [3.63, 3.8) is 0 Å². The molecule has 39 heavy (non-hydrogen) atoms. The van der Waals surface area contributed by atoms with Crippen LogP contribution in [0.4, 0.5) is 0 Å². The van der Waals surface area contributed by atoms with Crippen LogP contribution >= 0.6 is 46.6 Å². The molecule has 1 amide bonds. The van der Waals surface area contributed by atoms with Crippen LogP contribution in [0.3, 0.4) is 0 Å². The SMILES string of the molecule is COc1ccccc1OCCOc1c(Cl)cc(/C=C2/C(=N)N3N=C(c4ccccc4Cl)SC3=NC2=O)cc1Cl. The van der Waals surface area contributed by atoms with Crippen LogP contribution in [0, 0.1) is 5.41 Å². The van der Waals surface area contributed by atoms with Crippen molar-refractivity contribution >= 4 is 74.6 Å². The first kappa shape index (κ1) is 27.1. The van der Waals surface area contributed by atoms with Gasteiger partial charge in [0.15, 0.2) is 23.1 Å². The molecule has 8 nitrogen and oxygen atoms in total. The molecular formula is C27H19Cl3N4O4S. The number of benzene rings is 3. The number of ether oxygens (including phenoxy) is 3. The average Bonchev–Trinajstić information content (AvgIpc) is 3.34. The predicted molar refractivity (Wildman–Crippen MR) is 156 cm³/mol. The Morgan fingerprint density at radius 2 is 1.62 bits per heavy atom. The van der Waals surface area contributed by atoms with Crippen molar-refractivity contribution in [1.82, 2.24) is 5.01 Å². The maximum atomic E-state index is 12.8. The third-order valence-corrected chi connectivity index (χ3v) is 7.38. The number of methoxy groups -OCH3 is 1. The van der Waals surface area contributed by atoms with Crippen LogP contribution in [0.2, 0.25) is 15.1 Å². The first-order chi connectivity index (χ1) is 18.9. The van der Waals surface area contributed by atoms with Crippen molar-refractivity contribution in [2.24, 2.45) is 10.1 Å². The Morgan fingerprint density at radius 1 is 0.949 bits per heavy atom. The number of thioether (sulfide) groups is 1. The molecule has 0 spiro atoms. The molecule has 3 aromatic carbocycles. The number of hydrazone groups is 1. The van der Waals surface area contributed by atoms with Crippen molar-refractivity contribution in [3.05, 3.63) is 92.4 Å². The van der Waals surface area contributed by atoms with Crippen LogP contribution in [-0.2, 0) is 4.79 Å². The minimum absolute atomic E-state index is 0.0366. The van der Waals surface area contributed by atoms with Crippen LogP contribution < -0.4 is 14.2 Å². The van der Waals surface area contributed by atoms with Gasteiger partial charge in [-0.3, -0.25) is 10.2 Å². The number of hydrogen-bond acceptors (Lipinski definition) is 7. The number of amides is 1. The second kappa shape index (κ2) is 11.7. The molecule has 1 N–H and O–H groups in total. The summed E-state index contributed by atoms with van der Waals surface area (Å²) in [5.74, 6) is 0.784. The summed E-state index contributed by atoms with van der Waals surface area (Å²) in [6.45, 7) is 0.409. The quantitative estimate of drug-likeness (QED) is 0.226. The molecular weight excluding hydrogens is 583 g/mol. The zero-order valence-corrected chi connectivity index (χ0v) is 23.4. The minimum Gasteiger partial charge on any atom is -0.493 e. The summed E-state index contributed by atoms with van der Waals surface area (Å²) in [7, 11) is 1.57. The van der Waals surface area contributed by atoms with Gasteiger partial charge in [0, 0.05) is 5.56 Å². The number of halogens is 3. The number of amidine groups is 2. The Kier molecular flexibility index (Phi) is 8.13. The van der Waals surface area contributed by atoms with Gasteiger partial charge in [0.1, 0.15) is 18.3 Å². The monoisotopic (exact) mass is 600 g/mol. The fourth-order valence-corrected chi connectivity index (χ4v) is 5.56. The van der Waals surface area contributed by atoms with E-state index in [1.54, 1.807) is 37.4 Å². The molecule has 0 atom stereocenters. The van der Waals surface area contributed by atoms with E-state index in [1.165, 1.54) is 22.8 Å². The van der Waals surface area contributed by atoms with Gasteiger partial charge in [-0.15, -0.1) is 0 Å². The number of fused-ring (bicyclic) bond motifs is 1. The molecule has 0 fully saturated rings. The zero-order chi connectivity index (χ0) is 27.5. The summed E-state index contributed by atoms with van der Waals surface area (Å²) >= 11 is 20.4. The van der Waals surface area contributed by atoms with Gasteiger partial charge < -0.3 is 14.2 Å². The lowest BCUT2D eigenvalue weighted by Gasteiger charge is -2.20. The highest BCUT2D eigenvalue weighted by molar-refractivity contribution is 8.27. The van der Waals surface area contributed by atoms with Crippen molar-refractivity contribution in [3.8, 4) is 17.2 Å². The fourth-order valence-electron chi connectivity index (χ4n) is 3.74. The van der Waals surface area contributed by atoms with Crippen LogP contribution in [0.1, 0.15) is 11.1 Å². The number of aliphatic imine (C=N–C) groups is 1.